The molecule has 0 fully saturated rings. The molecule has 0 unspecified atom stereocenters. The van der Waals surface area contributed by atoms with Crippen molar-refractivity contribution in [2.24, 2.45) is 4.99 Å². The number of carbonyl (C=O) groups is 1. The molecule has 0 atom stereocenters. The normalized spacial score (nSPS) is 11.6. The number of guanidine groups is 1. The minimum absolute atomic E-state index is 0.00567. The van der Waals surface area contributed by atoms with Crippen molar-refractivity contribution < 1.29 is 9.53 Å². The van der Waals surface area contributed by atoms with Crippen LogP contribution in [0.15, 0.2) is 29.3 Å². The van der Waals surface area contributed by atoms with Crippen LogP contribution in [0, 0.1) is 12.3 Å². The summed E-state index contributed by atoms with van der Waals surface area (Å²) in [7, 11) is 0. The van der Waals surface area contributed by atoms with Gasteiger partial charge in [0.2, 0.25) is 5.91 Å². The van der Waals surface area contributed by atoms with Gasteiger partial charge in [-0.1, -0.05) is 5.92 Å². The van der Waals surface area contributed by atoms with E-state index in [1.807, 2.05) is 58.9 Å². The maximum absolute atomic E-state index is 11.9. The lowest BCUT2D eigenvalue weighted by Crippen LogP contribution is -2.42. The Morgan fingerprint density at radius 1 is 1.28 bits per heavy atom. The molecule has 0 heterocycles. The molecule has 0 saturated heterocycles. The van der Waals surface area contributed by atoms with Crippen LogP contribution in [0.3, 0.4) is 0 Å². The molecular weight excluding hydrogens is 316 g/mol. The van der Waals surface area contributed by atoms with Gasteiger partial charge in [-0.25, -0.2) is 4.99 Å². The van der Waals surface area contributed by atoms with Crippen molar-refractivity contribution in [2.45, 2.75) is 46.3 Å². The third-order valence-corrected chi connectivity index (χ3v) is 2.74. The summed E-state index contributed by atoms with van der Waals surface area (Å²) in [5.41, 5.74) is 0.522. The number of benzene rings is 1. The highest BCUT2D eigenvalue weighted by Gasteiger charge is 2.13. The first-order valence-electron chi connectivity index (χ1n) is 8.26. The van der Waals surface area contributed by atoms with Crippen molar-refractivity contribution in [3.63, 3.8) is 0 Å². The molecule has 6 nitrogen and oxygen atoms in total. The number of hydrogen-bond acceptors (Lipinski definition) is 3. The highest BCUT2D eigenvalue weighted by Crippen LogP contribution is 2.16. The van der Waals surface area contributed by atoms with E-state index >= 15 is 0 Å². The zero-order valence-electron chi connectivity index (χ0n) is 15.6. The molecular formula is C19H28N4O2. The van der Waals surface area contributed by atoms with Crippen LogP contribution in [-0.4, -0.2) is 36.6 Å². The van der Waals surface area contributed by atoms with E-state index in [1.54, 1.807) is 0 Å². The first-order valence-corrected chi connectivity index (χ1v) is 8.26. The topological polar surface area (TPSA) is 74.8 Å². The van der Waals surface area contributed by atoms with Gasteiger partial charge in [-0.05, 0) is 58.9 Å². The fourth-order valence-corrected chi connectivity index (χ4v) is 1.91. The zero-order chi connectivity index (χ0) is 18.9. The summed E-state index contributed by atoms with van der Waals surface area (Å²) in [5, 5.41) is 8.96. The number of aliphatic imine (C=N–C) groups is 1. The summed E-state index contributed by atoms with van der Waals surface area (Å²) in [4.78, 5) is 16.2. The number of amides is 1. The van der Waals surface area contributed by atoms with Gasteiger partial charge in [0.25, 0.3) is 0 Å². The van der Waals surface area contributed by atoms with E-state index in [0.717, 1.165) is 11.4 Å². The smallest absolute Gasteiger partial charge is 0.242 e. The van der Waals surface area contributed by atoms with E-state index in [9.17, 15) is 4.79 Å². The van der Waals surface area contributed by atoms with Crippen LogP contribution in [0.5, 0.6) is 5.75 Å². The van der Waals surface area contributed by atoms with Gasteiger partial charge in [-0.2, -0.15) is 0 Å². The van der Waals surface area contributed by atoms with Crippen molar-refractivity contribution in [1.29, 1.82) is 0 Å². The summed E-state index contributed by atoms with van der Waals surface area (Å²) < 4.78 is 5.61. The van der Waals surface area contributed by atoms with Crippen molar-refractivity contribution in [3.05, 3.63) is 24.3 Å². The van der Waals surface area contributed by atoms with Gasteiger partial charge in [0.1, 0.15) is 12.3 Å². The second-order valence-electron chi connectivity index (χ2n) is 6.84. The predicted molar refractivity (Wildman–Crippen MR) is 103 cm³/mol. The van der Waals surface area contributed by atoms with Gasteiger partial charge in [0.15, 0.2) is 5.96 Å². The molecule has 1 rings (SSSR count). The Morgan fingerprint density at radius 3 is 2.44 bits per heavy atom. The highest BCUT2D eigenvalue weighted by molar-refractivity contribution is 5.95. The largest absolute Gasteiger partial charge is 0.491 e. The van der Waals surface area contributed by atoms with Gasteiger partial charge >= 0.3 is 0 Å². The molecule has 136 valence electrons. The molecule has 1 aromatic rings. The molecule has 1 aromatic carbocycles. The molecule has 0 radical (unpaired) electrons. The molecule has 0 aromatic heterocycles. The monoisotopic (exact) mass is 344 g/mol. The Bertz CT molecular complexity index is 622. The molecule has 3 N–H and O–H groups in total. The molecule has 0 saturated carbocycles. The molecule has 1 amide bonds. The molecule has 0 aliphatic rings. The number of rotatable bonds is 6. The fourth-order valence-electron chi connectivity index (χ4n) is 1.91. The molecule has 25 heavy (non-hydrogen) atoms. The van der Waals surface area contributed by atoms with Crippen LogP contribution in [0.2, 0.25) is 0 Å². The van der Waals surface area contributed by atoms with Gasteiger partial charge in [0.05, 0.1) is 12.6 Å². The number of nitrogens with one attached hydrogen (secondary N) is 3. The summed E-state index contributed by atoms with van der Waals surface area (Å²) in [6, 6.07) is 7.49. The molecule has 0 aliphatic carbocycles. The first kappa shape index (κ1) is 20.4. The van der Waals surface area contributed by atoms with Gasteiger partial charge in [0, 0.05) is 11.2 Å². The highest BCUT2D eigenvalue weighted by atomic mass is 16.5. The summed E-state index contributed by atoms with van der Waals surface area (Å²) >= 11 is 0. The summed E-state index contributed by atoms with van der Waals surface area (Å²) in [6.07, 6.45) is 5.40. The van der Waals surface area contributed by atoms with Crippen LogP contribution in [0.25, 0.3) is 0 Å². The van der Waals surface area contributed by atoms with E-state index in [1.165, 1.54) is 0 Å². The fraction of sp³-hybridized carbons (Fsp3) is 0.474. The standard InChI is InChI=1S/C19H28N4O2/c1-7-12-20-18(21-13-17(24)23-19(4,5)6)22-15-8-10-16(11-9-15)25-14(2)3/h1,8-11,14H,12-13H2,2-6H3,(H,23,24)(H2,20,21,22). The Hall–Kier alpha value is -2.68. The lowest BCUT2D eigenvalue weighted by Gasteiger charge is -2.20. The number of terminal acetylenes is 1. The summed E-state index contributed by atoms with van der Waals surface area (Å²) in [6.45, 7) is 10.0. The summed E-state index contributed by atoms with van der Waals surface area (Å²) in [5.74, 6) is 3.57. The van der Waals surface area contributed by atoms with Crippen LogP contribution in [-0.2, 0) is 4.79 Å². The van der Waals surface area contributed by atoms with E-state index in [-0.39, 0.29) is 24.1 Å². The van der Waals surface area contributed by atoms with E-state index in [4.69, 9.17) is 11.2 Å². The third kappa shape index (κ3) is 9.26. The van der Waals surface area contributed by atoms with E-state index < -0.39 is 0 Å². The van der Waals surface area contributed by atoms with Crippen molar-refractivity contribution in [1.82, 2.24) is 10.6 Å². The molecule has 0 aliphatic heterocycles. The van der Waals surface area contributed by atoms with Crippen molar-refractivity contribution >= 4 is 17.6 Å². The predicted octanol–water partition coefficient (Wildman–Crippen LogP) is 2.38. The Morgan fingerprint density at radius 2 is 1.92 bits per heavy atom. The maximum atomic E-state index is 11.9. The second kappa shape index (κ2) is 9.58. The number of hydrogen-bond donors (Lipinski definition) is 3. The molecule has 0 bridgehead atoms. The van der Waals surface area contributed by atoms with Crippen LogP contribution in [0.1, 0.15) is 34.6 Å². The van der Waals surface area contributed by atoms with Gasteiger partial charge in [-0.3, -0.25) is 4.79 Å². The van der Waals surface area contributed by atoms with Crippen molar-refractivity contribution in [2.75, 3.05) is 18.4 Å². The van der Waals surface area contributed by atoms with E-state index in [2.05, 4.69) is 26.9 Å². The Labute approximate surface area is 150 Å². The van der Waals surface area contributed by atoms with E-state index in [0.29, 0.717) is 12.5 Å². The zero-order valence-corrected chi connectivity index (χ0v) is 15.6. The average molecular weight is 344 g/mol. The molecule has 0 spiro atoms. The Kier molecular flexibility index (Phi) is 7.80. The second-order valence-corrected chi connectivity index (χ2v) is 6.84. The van der Waals surface area contributed by atoms with Crippen LogP contribution >= 0.6 is 0 Å². The average Bonchev–Trinajstić information content (AvgIpc) is 2.49. The lowest BCUT2D eigenvalue weighted by atomic mass is 10.1. The molecule has 6 heteroatoms. The third-order valence-electron chi connectivity index (χ3n) is 2.74. The van der Waals surface area contributed by atoms with Crippen LogP contribution in [0.4, 0.5) is 5.69 Å². The quantitative estimate of drug-likeness (QED) is 0.421. The minimum Gasteiger partial charge on any atom is -0.491 e. The maximum Gasteiger partial charge on any atom is 0.242 e. The van der Waals surface area contributed by atoms with Crippen molar-refractivity contribution in [3.8, 4) is 18.1 Å². The lowest BCUT2D eigenvalue weighted by molar-refractivity contribution is -0.121. The number of ether oxygens (including phenoxy) is 1. The minimum atomic E-state index is -0.293. The number of anilines is 1. The van der Waals surface area contributed by atoms with Crippen LogP contribution < -0.4 is 20.7 Å². The van der Waals surface area contributed by atoms with Gasteiger partial charge in [-0.15, -0.1) is 6.42 Å². The van der Waals surface area contributed by atoms with Gasteiger partial charge < -0.3 is 20.7 Å². The Balaban J connectivity index is 2.73. The number of nitrogens with zero attached hydrogens (tertiary/aromatic N) is 1. The SMILES string of the molecule is C#CCNC(=NCC(=O)NC(C)(C)C)Nc1ccc(OC(C)C)cc1. The number of carbonyl (C=O) groups excluding carboxylic acids is 1. The first-order chi connectivity index (χ1) is 11.7.